The standard InChI is InChI=1S/C10H13N3O3/c11-6-4-8-9(16-3-1-2-15-8)5-7(6)13-10(12)14/h4-5H,1-3,11H2,(H3,12,13,14). The van der Waals surface area contributed by atoms with Crippen LogP contribution in [0.4, 0.5) is 16.2 Å². The monoisotopic (exact) mass is 223 g/mol. The molecule has 1 aromatic carbocycles. The van der Waals surface area contributed by atoms with Crippen molar-refractivity contribution in [1.29, 1.82) is 0 Å². The molecule has 5 N–H and O–H groups in total. The molecule has 0 spiro atoms. The van der Waals surface area contributed by atoms with Crippen LogP contribution in [0.3, 0.4) is 0 Å². The summed E-state index contributed by atoms with van der Waals surface area (Å²) >= 11 is 0. The molecular formula is C10H13N3O3. The van der Waals surface area contributed by atoms with Gasteiger partial charge in [-0.15, -0.1) is 0 Å². The smallest absolute Gasteiger partial charge is 0.316 e. The second-order valence-corrected chi connectivity index (χ2v) is 3.43. The van der Waals surface area contributed by atoms with Gasteiger partial charge in [0.05, 0.1) is 24.6 Å². The number of carbonyl (C=O) groups excluding carboxylic acids is 1. The molecule has 1 aromatic rings. The zero-order valence-corrected chi connectivity index (χ0v) is 8.66. The first-order chi connectivity index (χ1) is 7.66. The van der Waals surface area contributed by atoms with Gasteiger partial charge in [-0.1, -0.05) is 0 Å². The Morgan fingerprint density at radius 3 is 2.50 bits per heavy atom. The van der Waals surface area contributed by atoms with Gasteiger partial charge < -0.3 is 26.3 Å². The van der Waals surface area contributed by atoms with Crippen LogP contribution < -0.4 is 26.3 Å². The molecule has 16 heavy (non-hydrogen) atoms. The predicted octanol–water partition coefficient (Wildman–Crippen LogP) is 0.921. The van der Waals surface area contributed by atoms with Crippen molar-refractivity contribution in [2.24, 2.45) is 5.73 Å². The van der Waals surface area contributed by atoms with Crippen molar-refractivity contribution < 1.29 is 14.3 Å². The van der Waals surface area contributed by atoms with Gasteiger partial charge in [0.15, 0.2) is 11.5 Å². The molecule has 6 heteroatoms. The normalized spacial score (nSPS) is 14.0. The van der Waals surface area contributed by atoms with E-state index in [1.54, 1.807) is 12.1 Å². The number of anilines is 2. The van der Waals surface area contributed by atoms with Gasteiger partial charge >= 0.3 is 6.03 Å². The fraction of sp³-hybridized carbons (Fsp3) is 0.300. The SMILES string of the molecule is NC(=O)Nc1cc2c(cc1N)OCCCO2. The van der Waals surface area contributed by atoms with E-state index in [2.05, 4.69) is 5.32 Å². The van der Waals surface area contributed by atoms with Crippen LogP contribution in [0.5, 0.6) is 11.5 Å². The molecular weight excluding hydrogens is 210 g/mol. The molecule has 0 bridgehead atoms. The van der Waals surface area contributed by atoms with E-state index in [4.69, 9.17) is 20.9 Å². The van der Waals surface area contributed by atoms with Crippen molar-refractivity contribution in [2.45, 2.75) is 6.42 Å². The highest BCUT2D eigenvalue weighted by Gasteiger charge is 2.14. The summed E-state index contributed by atoms with van der Waals surface area (Å²) in [7, 11) is 0. The molecule has 6 nitrogen and oxygen atoms in total. The Morgan fingerprint density at radius 2 is 1.88 bits per heavy atom. The molecule has 1 aliphatic rings. The van der Waals surface area contributed by atoms with Gasteiger partial charge in [0.2, 0.25) is 0 Å². The molecule has 0 unspecified atom stereocenters. The molecule has 0 radical (unpaired) electrons. The van der Waals surface area contributed by atoms with Crippen LogP contribution in [0.2, 0.25) is 0 Å². The maximum atomic E-state index is 10.7. The van der Waals surface area contributed by atoms with Crippen LogP contribution >= 0.6 is 0 Å². The maximum absolute atomic E-state index is 10.7. The lowest BCUT2D eigenvalue weighted by atomic mass is 10.2. The first-order valence-electron chi connectivity index (χ1n) is 4.92. The zero-order valence-electron chi connectivity index (χ0n) is 8.66. The number of ether oxygens (including phenoxy) is 2. The third-order valence-corrected chi connectivity index (χ3v) is 2.18. The lowest BCUT2D eigenvalue weighted by Gasteiger charge is -2.12. The zero-order chi connectivity index (χ0) is 11.5. The van der Waals surface area contributed by atoms with Crippen molar-refractivity contribution in [3.63, 3.8) is 0 Å². The molecule has 1 aliphatic heterocycles. The summed E-state index contributed by atoms with van der Waals surface area (Å²) in [4.78, 5) is 10.7. The fourth-order valence-corrected chi connectivity index (χ4v) is 1.47. The fourth-order valence-electron chi connectivity index (χ4n) is 1.47. The summed E-state index contributed by atoms with van der Waals surface area (Å²) in [5, 5.41) is 2.42. The van der Waals surface area contributed by atoms with Gasteiger partial charge in [-0.2, -0.15) is 0 Å². The number of urea groups is 1. The Bertz CT molecular complexity index is 420. The number of hydrogen-bond acceptors (Lipinski definition) is 4. The van der Waals surface area contributed by atoms with Gasteiger partial charge in [-0.05, 0) is 0 Å². The van der Waals surface area contributed by atoms with E-state index in [1.165, 1.54) is 0 Å². The summed E-state index contributed by atoms with van der Waals surface area (Å²) in [6, 6.07) is 2.56. The number of primary amides is 1. The summed E-state index contributed by atoms with van der Waals surface area (Å²) in [5.74, 6) is 1.15. The van der Waals surface area contributed by atoms with Crippen molar-refractivity contribution in [3.05, 3.63) is 12.1 Å². The molecule has 0 aromatic heterocycles. The first kappa shape index (κ1) is 10.4. The maximum Gasteiger partial charge on any atom is 0.316 e. The van der Waals surface area contributed by atoms with E-state index in [9.17, 15) is 4.79 Å². The van der Waals surface area contributed by atoms with E-state index in [0.29, 0.717) is 36.1 Å². The topological polar surface area (TPSA) is 99.6 Å². The number of hydrogen-bond donors (Lipinski definition) is 3. The highest BCUT2D eigenvalue weighted by molar-refractivity contribution is 5.92. The van der Waals surface area contributed by atoms with E-state index in [-0.39, 0.29) is 0 Å². The van der Waals surface area contributed by atoms with E-state index in [0.717, 1.165) is 6.42 Å². The average molecular weight is 223 g/mol. The number of amides is 2. The minimum Gasteiger partial charge on any atom is -0.489 e. The van der Waals surface area contributed by atoms with Gasteiger partial charge in [-0.25, -0.2) is 4.79 Å². The molecule has 2 amide bonds. The largest absolute Gasteiger partial charge is 0.489 e. The Hall–Kier alpha value is -2.11. The average Bonchev–Trinajstić information content (AvgIpc) is 2.42. The Balaban J connectivity index is 2.34. The number of rotatable bonds is 1. The van der Waals surface area contributed by atoms with Crippen LogP contribution in [0.25, 0.3) is 0 Å². The van der Waals surface area contributed by atoms with Crippen LogP contribution in [0.15, 0.2) is 12.1 Å². The molecule has 0 fully saturated rings. The van der Waals surface area contributed by atoms with Crippen molar-refractivity contribution >= 4 is 17.4 Å². The molecule has 86 valence electrons. The van der Waals surface area contributed by atoms with E-state index >= 15 is 0 Å². The molecule has 0 saturated carbocycles. The third-order valence-electron chi connectivity index (χ3n) is 2.18. The molecule has 0 aliphatic carbocycles. The lowest BCUT2D eigenvalue weighted by molar-refractivity contribution is 0.259. The molecule has 0 saturated heterocycles. The predicted molar refractivity (Wildman–Crippen MR) is 59.7 cm³/mol. The summed E-state index contributed by atoms with van der Waals surface area (Å²) in [5.41, 5.74) is 11.6. The minimum atomic E-state index is -0.666. The highest BCUT2D eigenvalue weighted by atomic mass is 16.5. The Morgan fingerprint density at radius 1 is 1.25 bits per heavy atom. The van der Waals surface area contributed by atoms with Gasteiger partial charge in [-0.3, -0.25) is 0 Å². The first-order valence-corrected chi connectivity index (χ1v) is 4.92. The van der Waals surface area contributed by atoms with Gasteiger partial charge in [0.25, 0.3) is 0 Å². The number of nitrogens with two attached hydrogens (primary N) is 2. The molecule has 1 heterocycles. The summed E-state index contributed by atoms with van der Waals surface area (Å²) in [6.07, 6.45) is 0.813. The van der Waals surface area contributed by atoms with Gasteiger partial charge in [0, 0.05) is 18.6 Å². The van der Waals surface area contributed by atoms with Gasteiger partial charge in [0.1, 0.15) is 0 Å². The number of carbonyl (C=O) groups is 1. The van der Waals surface area contributed by atoms with E-state index in [1.807, 2.05) is 0 Å². The Kier molecular flexibility index (Phi) is 2.72. The summed E-state index contributed by atoms with van der Waals surface area (Å²) in [6.45, 7) is 1.17. The number of nitrogens with one attached hydrogen (secondary N) is 1. The van der Waals surface area contributed by atoms with Crippen LogP contribution in [-0.4, -0.2) is 19.2 Å². The van der Waals surface area contributed by atoms with E-state index < -0.39 is 6.03 Å². The van der Waals surface area contributed by atoms with Crippen LogP contribution in [0.1, 0.15) is 6.42 Å². The quantitative estimate of drug-likeness (QED) is 0.616. The number of nitrogen functional groups attached to an aromatic ring is 1. The van der Waals surface area contributed by atoms with Crippen molar-refractivity contribution in [2.75, 3.05) is 24.3 Å². The molecule has 2 rings (SSSR count). The summed E-state index contributed by atoms with van der Waals surface area (Å²) < 4.78 is 10.9. The van der Waals surface area contributed by atoms with Crippen LogP contribution in [0, 0.1) is 0 Å². The number of benzene rings is 1. The van der Waals surface area contributed by atoms with Crippen LogP contribution in [-0.2, 0) is 0 Å². The minimum absolute atomic E-state index is 0.392. The lowest BCUT2D eigenvalue weighted by Crippen LogP contribution is -2.20. The Labute approximate surface area is 92.5 Å². The second kappa shape index (κ2) is 4.18. The van der Waals surface area contributed by atoms with Crippen molar-refractivity contribution in [3.8, 4) is 11.5 Å². The second-order valence-electron chi connectivity index (χ2n) is 3.43. The number of fused-ring (bicyclic) bond motifs is 1. The van der Waals surface area contributed by atoms with Crippen molar-refractivity contribution in [1.82, 2.24) is 0 Å². The highest BCUT2D eigenvalue weighted by Crippen LogP contribution is 2.36. The molecule has 0 atom stereocenters. The third kappa shape index (κ3) is 2.10.